The Bertz CT molecular complexity index is 400. The van der Waals surface area contributed by atoms with Crippen LogP contribution in [0.5, 0.6) is 0 Å². The first kappa shape index (κ1) is 15.2. The Kier molecular flexibility index (Phi) is 6.64. The lowest BCUT2D eigenvalue weighted by atomic mass is 10.0. The second kappa shape index (κ2) is 8.29. The van der Waals surface area contributed by atoms with E-state index in [-0.39, 0.29) is 17.7 Å². The minimum Gasteiger partial charge on any atom is -0.354 e. The summed E-state index contributed by atoms with van der Waals surface area (Å²) < 4.78 is 0. The molecule has 0 saturated carbocycles. The number of carbonyl (C=O) groups is 2. The summed E-state index contributed by atoms with van der Waals surface area (Å²) in [6.45, 7) is 4.92. The van der Waals surface area contributed by atoms with E-state index in [0.717, 1.165) is 12.8 Å². The molecule has 19 heavy (non-hydrogen) atoms. The van der Waals surface area contributed by atoms with Gasteiger partial charge >= 0.3 is 0 Å². The zero-order valence-electron chi connectivity index (χ0n) is 11.6. The Morgan fingerprint density at radius 1 is 1.00 bits per heavy atom. The topological polar surface area (TPSA) is 58.2 Å². The highest BCUT2D eigenvalue weighted by molar-refractivity contribution is 5.94. The van der Waals surface area contributed by atoms with Crippen LogP contribution in [-0.4, -0.2) is 24.9 Å². The molecule has 0 aliphatic heterocycles. The van der Waals surface area contributed by atoms with Gasteiger partial charge in [-0.3, -0.25) is 9.59 Å². The molecule has 0 spiro atoms. The fourth-order valence-corrected chi connectivity index (χ4v) is 1.86. The second-order valence-corrected chi connectivity index (χ2v) is 4.43. The first-order chi connectivity index (χ1) is 9.19. The summed E-state index contributed by atoms with van der Waals surface area (Å²) in [7, 11) is 0. The van der Waals surface area contributed by atoms with Crippen LogP contribution < -0.4 is 10.6 Å². The number of benzene rings is 1. The molecule has 0 aromatic heterocycles. The number of amides is 2. The molecule has 0 heterocycles. The first-order valence-corrected chi connectivity index (χ1v) is 6.80. The van der Waals surface area contributed by atoms with E-state index >= 15 is 0 Å². The molecule has 0 radical (unpaired) electrons. The average molecular weight is 262 g/mol. The van der Waals surface area contributed by atoms with Crippen molar-refractivity contribution >= 4 is 11.8 Å². The molecule has 1 rings (SSSR count). The first-order valence-electron chi connectivity index (χ1n) is 6.80. The number of hydrogen-bond acceptors (Lipinski definition) is 2. The molecular weight excluding hydrogens is 240 g/mol. The van der Waals surface area contributed by atoms with Gasteiger partial charge in [0.15, 0.2) is 0 Å². The molecule has 0 atom stereocenters. The molecule has 4 heteroatoms. The highest BCUT2D eigenvalue weighted by Gasteiger charge is 2.13. The van der Waals surface area contributed by atoms with Crippen LogP contribution in [0.25, 0.3) is 0 Å². The summed E-state index contributed by atoms with van der Waals surface area (Å²) in [5.74, 6) is 0.0289. The maximum atomic E-state index is 11.7. The van der Waals surface area contributed by atoms with Gasteiger partial charge in [0.2, 0.25) is 5.91 Å². The average Bonchev–Trinajstić information content (AvgIpc) is 2.45. The molecule has 0 aliphatic carbocycles. The molecule has 2 N–H and O–H groups in total. The third-order valence-electron chi connectivity index (χ3n) is 3.10. The Labute approximate surface area is 114 Å². The number of carbonyl (C=O) groups excluding carboxylic acids is 2. The molecular formula is C15H22N2O2. The SMILES string of the molecule is CCC(CC)C(=O)NCCNC(=O)c1ccccc1. The van der Waals surface area contributed by atoms with E-state index in [4.69, 9.17) is 0 Å². The predicted molar refractivity (Wildman–Crippen MR) is 75.9 cm³/mol. The van der Waals surface area contributed by atoms with E-state index in [9.17, 15) is 9.59 Å². The van der Waals surface area contributed by atoms with Crippen molar-refractivity contribution in [3.8, 4) is 0 Å². The molecule has 4 nitrogen and oxygen atoms in total. The molecule has 0 bridgehead atoms. The summed E-state index contributed by atoms with van der Waals surface area (Å²) >= 11 is 0. The van der Waals surface area contributed by atoms with Crippen LogP contribution in [0.3, 0.4) is 0 Å². The predicted octanol–water partition coefficient (Wildman–Crippen LogP) is 1.97. The van der Waals surface area contributed by atoms with Crippen LogP contribution >= 0.6 is 0 Å². The van der Waals surface area contributed by atoms with E-state index in [1.54, 1.807) is 12.1 Å². The van der Waals surface area contributed by atoms with Crippen molar-refractivity contribution in [3.63, 3.8) is 0 Å². The minimum absolute atomic E-state index is 0.0685. The normalized spacial score (nSPS) is 10.3. The Balaban J connectivity index is 2.24. The van der Waals surface area contributed by atoms with Crippen molar-refractivity contribution in [1.82, 2.24) is 10.6 Å². The summed E-state index contributed by atoms with van der Waals surface area (Å²) in [5, 5.41) is 5.61. The van der Waals surface area contributed by atoms with E-state index in [0.29, 0.717) is 18.7 Å². The van der Waals surface area contributed by atoms with Crippen LogP contribution in [0, 0.1) is 5.92 Å². The molecule has 0 saturated heterocycles. The summed E-state index contributed by atoms with van der Waals surface area (Å²) in [6.07, 6.45) is 1.69. The maximum absolute atomic E-state index is 11.7. The lowest BCUT2D eigenvalue weighted by Crippen LogP contribution is -2.37. The minimum atomic E-state index is -0.114. The molecule has 0 fully saturated rings. The summed E-state index contributed by atoms with van der Waals surface area (Å²) in [6, 6.07) is 9.04. The zero-order valence-corrected chi connectivity index (χ0v) is 11.6. The monoisotopic (exact) mass is 262 g/mol. The number of hydrogen-bond donors (Lipinski definition) is 2. The Morgan fingerprint density at radius 2 is 1.58 bits per heavy atom. The molecule has 0 unspecified atom stereocenters. The standard InChI is InChI=1S/C15H22N2O2/c1-3-12(4-2)14(18)16-10-11-17-15(19)13-8-6-5-7-9-13/h5-9,12H,3-4,10-11H2,1-2H3,(H,16,18)(H,17,19). The van der Waals surface area contributed by atoms with Crippen LogP contribution in [0.2, 0.25) is 0 Å². The van der Waals surface area contributed by atoms with Gasteiger partial charge in [-0.05, 0) is 25.0 Å². The lowest BCUT2D eigenvalue weighted by molar-refractivity contribution is -0.125. The smallest absolute Gasteiger partial charge is 0.251 e. The second-order valence-electron chi connectivity index (χ2n) is 4.43. The zero-order chi connectivity index (χ0) is 14.1. The van der Waals surface area contributed by atoms with Crippen LogP contribution in [0.4, 0.5) is 0 Å². The molecule has 104 valence electrons. The highest BCUT2D eigenvalue weighted by atomic mass is 16.2. The van der Waals surface area contributed by atoms with Gasteiger partial charge in [-0.2, -0.15) is 0 Å². The van der Waals surface area contributed by atoms with Gasteiger partial charge in [0.1, 0.15) is 0 Å². The van der Waals surface area contributed by atoms with Gasteiger partial charge in [-0.1, -0.05) is 32.0 Å². The van der Waals surface area contributed by atoms with Crippen molar-refractivity contribution in [2.24, 2.45) is 5.92 Å². The highest BCUT2D eigenvalue weighted by Crippen LogP contribution is 2.06. The van der Waals surface area contributed by atoms with Gasteiger partial charge in [0.25, 0.3) is 5.91 Å². The quantitative estimate of drug-likeness (QED) is 0.738. The van der Waals surface area contributed by atoms with E-state index in [1.807, 2.05) is 32.0 Å². The van der Waals surface area contributed by atoms with Crippen molar-refractivity contribution in [2.45, 2.75) is 26.7 Å². The van der Waals surface area contributed by atoms with Crippen LogP contribution in [0.15, 0.2) is 30.3 Å². The summed E-state index contributed by atoms with van der Waals surface area (Å²) in [4.78, 5) is 23.4. The Hall–Kier alpha value is -1.84. The van der Waals surface area contributed by atoms with Crippen LogP contribution in [0.1, 0.15) is 37.0 Å². The fraction of sp³-hybridized carbons (Fsp3) is 0.467. The van der Waals surface area contributed by atoms with Crippen molar-refractivity contribution in [1.29, 1.82) is 0 Å². The largest absolute Gasteiger partial charge is 0.354 e. The molecule has 2 amide bonds. The lowest BCUT2D eigenvalue weighted by Gasteiger charge is -2.13. The third-order valence-corrected chi connectivity index (χ3v) is 3.10. The molecule has 1 aromatic carbocycles. The Morgan fingerprint density at radius 3 is 2.16 bits per heavy atom. The molecule has 1 aromatic rings. The van der Waals surface area contributed by atoms with Gasteiger partial charge in [-0.15, -0.1) is 0 Å². The van der Waals surface area contributed by atoms with Crippen molar-refractivity contribution in [3.05, 3.63) is 35.9 Å². The number of rotatable bonds is 7. The van der Waals surface area contributed by atoms with Crippen LogP contribution in [-0.2, 0) is 4.79 Å². The molecule has 0 aliphatic rings. The fourth-order valence-electron chi connectivity index (χ4n) is 1.86. The third kappa shape index (κ3) is 5.12. The number of nitrogens with one attached hydrogen (secondary N) is 2. The van der Waals surface area contributed by atoms with Gasteiger partial charge < -0.3 is 10.6 Å². The van der Waals surface area contributed by atoms with E-state index < -0.39 is 0 Å². The van der Waals surface area contributed by atoms with Gasteiger partial charge in [0.05, 0.1) is 0 Å². The van der Waals surface area contributed by atoms with Crippen molar-refractivity contribution < 1.29 is 9.59 Å². The van der Waals surface area contributed by atoms with Gasteiger partial charge in [0, 0.05) is 24.6 Å². The van der Waals surface area contributed by atoms with Crippen molar-refractivity contribution in [2.75, 3.05) is 13.1 Å². The maximum Gasteiger partial charge on any atom is 0.251 e. The van der Waals surface area contributed by atoms with E-state index in [2.05, 4.69) is 10.6 Å². The summed E-state index contributed by atoms with van der Waals surface area (Å²) in [5.41, 5.74) is 0.633. The van der Waals surface area contributed by atoms with Gasteiger partial charge in [-0.25, -0.2) is 0 Å². The van der Waals surface area contributed by atoms with E-state index in [1.165, 1.54) is 0 Å².